The number of anilines is 2. The standard InChI is InChI=1S/C10H11F4N3O/c11-9-3-7(6(15)4-16-9)17-1-2-18-8(5-17)10(12,13)14/h3-4,8H,1-2,5,15H2. The van der Waals surface area contributed by atoms with E-state index in [1.54, 1.807) is 0 Å². The van der Waals surface area contributed by atoms with Crippen LogP contribution < -0.4 is 10.6 Å². The van der Waals surface area contributed by atoms with Crippen molar-refractivity contribution in [3.63, 3.8) is 0 Å². The normalized spacial score (nSPS) is 21.1. The van der Waals surface area contributed by atoms with Crippen LogP contribution in [0.25, 0.3) is 0 Å². The molecule has 2 heterocycles. The second-order valence-corrected chi connectivity index (χ2v) is 3.91. The summed E-state index contributed by atoms with van der Waals surface area (Å²) in [5.41, 5.74) is 5.93. The summed E-state index contributed by atoms with van der Waals surface area (Å²) in [5, 5.41) is 0. The molecule has 4 nitrogen and oxygen atoms in total. The van der Waals surface area contributed by atoms with E-state index in [1.807, 2.05) is 0 Å². The largest absolute Gasteiger partial charge is 0.416 e. The van der Waals surface area contributed by atoms with Crippen LogP contribution in [0.1, 0.15) is 0 Å². The molecule has 1 atom stereocenters. The molecule has 0 aliphatic carbocycles. The van der Waals surface area contributed by atoms with Crippen LogP contribution >= 0.6 is 0 Å². The first-order valence-electron chi connectivity index (χ1n) is 5.22. The molecule has 1 unspecified atom stereocenters. The number of nitrogens with two attached hydrogens (primary N) is 1. The van der Waals surface area contributed by atoms with Crippen molar-refractivity contribution in [3.05, 3.63) is 18.2 Å². The van der Waals surface area contributed by atoms with E-state index in [-0.39, 0.29) is 24.5 Å². The molecule has 0 amide bonds. The van der Waals surface area contributed by atoms with Gasteiger partial charge >= 0.3 is 6.18 Å². The first-order chi connectivity index (χ1) is 8.38. The number of ether oxygens (including phenoxy) is 1. The quantitative estimate of drug-likeness (QED) is 0.618. The van der Waals surface area contributed by atoms with E-state index in [9.17, 15) is 17.6 Å². The maximum absolute atomic E-state index is 13.0. The third-order valence-electron chi connectivity index (χ3n) is 2.65. The minimum Gasteiger partial charge on any atom is -0.396 e. The van der Waals surface area contributed by atoms with Crippen LogP contribution in [-0.2, 0) is 4.74 Å². The topological polar surface area (TPSA) is 51.4 Å². The summed E-state index contributed by atoms with van der Waals surface area (Å²) in [7, 11) is 0. The molecule has 1 aliphatic heterocycles. The summed E-state index contributed by atoms with van der Waals surface area (Å²) in [6, 6.07) is 1.02. The van der Waals surface area contributed by atoms with Gasteiger partial charge in [0.05, 0.1) is 30.7 Å². The molecular weight excluding hydrogens is 254 g/mol. The van der Waals surface area contributed by atoms with Crippen molar-refractivity contribution in [2.45, 2.75) is 12.3 Å². The van der Waals surface area contributed by atoms with E-state index in [4.69, 9.17) is 5.73 Å². The highest BCUT2D eigenvalue weighted by atomic mass is 19.4. The Morgan fingerprint density at radius 3 is 2.83 bits per heavy atom. The number of halogens is 4. The highest BCUT2D eigenvalue weighted by Crippen LogP contribution is 2.30. The average Bonchev–Trinajstić information content (AvgIpc) is 2.31. The van der Waals surface area contributed by atoms with Crippen molar-refractivity contribution in [1.82, 2.24) is 4.98 Å². The minimum atomic E-state index is -4.45. The smallest absolute Gasteiger partial charge is 0.396 e. The maximum atomic E-state index is 13.0. The second-order valence-electron chi connectivity index (χ2n) is 3.91. The maximum Gasteiger partial charge on any atom is 0.416 e. The molecule has 1 aliphatic rings. The summed E-state index contributed by atoms with van der Waals surface area (Å²) in [4.78, 5) is 4.68. The molecule has 100 valence electrons. The lowest BCUT2D eigenvalue weighted by Crippen LogP contribution is -2.49. The number of pyridine rings is 1. The van der Waals surface area contributed by atoms with Crippen molar-refractivity contribution in [2.24, 2.45) is 0 Å². The van der Waals surface area contributed by atoms with Crippen LogP contribution in [0.2, 0.25) is 0 Å². The van der Waals surface area contributed by atoms with Crippen LogP contribution in [0.5, 0.6) is 0 Å². The summed E-state index contributed by atoms with van der Waals surface area (Å²) < 4.78 is 55.3. The molecular formula is C10H11F4N3O. The van der Waals surface area contributed by atoms with Gasteiger partial charge in [0, 0.05) is 12.6 Å². The van der Waals surface area contributed by atoms with E-state index in [2.05, 4.69) is 9.72 Å². The lowest BCUT2D eigenvalue weighted by Gasteiger charge is -2.35. The fraction of sp³-hybridized carbons (Fsp3) is 0.500. The van der Waals surface area contributed by atoms with Gasteiger partial charge in [-0.05, 0) is 0 Å². The van der Waals surface area contributed by atoms with Gasteiger partial charge in [0.2, 0.25) is 5.95 Å². The zero-order chi connectivity index (χ0) is 13.3. The molecule has 0 spiro atoms. The van der Waals surface area contributed by atoms with Crippen LogP contribution in [0, 0.1) is 5.95 Å². The Morgan fingerprint density at radius 1 is 1.44 bits per heavy atom. The molecule has 1 aromatic heterocycles. The summed E-state index contributed by atoms with van der Waals surface area (Å²) in [5.74, 6) is -0.783. The van der Waals surface area contributed by atoms with Crippen molar-refractivity contribution in [3.8, 4) is 0 Å². The average molecular weight is 265 g/mol. The molecule has 2 rings (SSSR count). The lowest BCUT2D eigenvalue weighted by atomic mass is 10.2. The molecule has 0 radical (unpaired) electrons. The molecule has 0 aromatic carbocycles. The number of hydrogen-bond donors (Lipinski definition) is 1. The zero-order valence-electron chi connectivity index (χ0n) is 9.25. The van der Waals surface area contributed by atoms with Gasteiger partial charge in [-0.2, -0.15) is 17.6 Å². The number of aromatic nitrogens is 1. The SMILES string of the molecule is Nc1cnc(F)cc1N1CCOC(C(F)(F)F)C1. The molecule has 8 heteroatoms. The number of rotatable bonds is 1. The Balaban J connectivity index is 2.21. The van der Waals surface area contributed by atoms with Crippen LogP contribution in [0.4, 0.5) is 28.9 Å². The zero-order valence-corrected chi connectivity index (χ0v) is 9.25. The number of alkyl halides is 3. The van der Waals surface area contributed by atoms with Gasteiger partial charge < -0.3 is 15.4 Å². The highest BCUT2D eigenvalue weighted by Gasteiger charge is 2.43. The molecule has 0 bridgehead atoms. The van der Waals surface area contributed by atoms with Crippen LogP contribution in [0.15, 0.2) is 12.3 Å². The number of nitrogens with zero attached hydrogens (tertiary/aromatic N) is 2. The summed E-state index contributed by atoms with van der Waals surface area (Å²) >= 11 is 0. The fourth-order valence-corrected chi connectivity index (χ4v) is 1.77. The van der Waals surface area contributed by atoms with Gasteiger partial charge in [-0.25, -0.2) is 4.98 Å². The third-order valence-corrected chi connectivity index (χ3v) is 2.65. The first-order valence-corrected chi connectivity index (χ1v) is 5.22. The molecule has 0 saturated carbocycles. The van der Waals surface area contributed by atoms with E-state index >= 15 is 0 Å². The predicted octanol–water partition coefficient (Wildman–Crippen LogP) is 1.57. The second kappa shape index (κ2) is 4.60. The number of morpholine rings is 1. The van der Waals surface area contributed by atoms with Crippen LogP contribution in [0.3, 0.4) is 0 Å². The Labute approximate surface area is 100 Å². The van der Waals surface area contributed by atoms with Gasteiger partial charge in [0.25, 0.3) is 0 Å². The van der Waals surface area contributed by atoms with Gasteiger partial charge in [0.1, 0.15) is 0 Å². The van der Waals surface area contributed by atoms with Crippen molar-refractivity contribution in [2.75, 3.05) is 30.3 Å². The molecule has 1 saturated heterocycles. The predicted molar refractivity (Wildman–Crippen MR) is 56.6 cm³/mol. The van der Waals surface area contributed by atoms with Gasteiger partial charge in [-0.15, -0.1) is 0 Å². The van der Waals surface area contributed by atoms with Crippen molar-refractivity contribution >= 4 is 11.4 Å². The highest BCUT2D eigenvalue weighted by molar-refractivity contribution is 5.66. The van der Waals surface area contributed by atoms with Gasteiger partial charge in [-0.3, -0.25) is 0 Å². The first kappa shape index (κ1) is 12.9. The Hall–Kier alpha value is -1.57. The molecule has 1 fully saturated rings. The summed E-state index contributed by atoms with van der Waals surface area (Å²) in [6.07, 6.45) is -5.25. The molecule has 1 aromatic rings. The fourth-order valence-electron chi connectivity index (χ4n) is 1.77. The molecule has 18 heavy (non-hydrogen) atoms. The number of hydrogen-bond acceptors (Lipinski definition) is 4. The monoisotopic (exact) mass is 265 g/mol. The summed E-state index contributed by atoms with van der Waals surface area (Å²) in [6.45, 7) is -0.273. The van der Waals surface area contributed by atoms with E-state index in [1.165, 1.54) is 4.90 Å². The Bertz CT molecular complexity index is 438. The van der Waals surface area contributed by atoms with E-state index < -0.39 is 24.8 Å². The third kappa shape index (κ3) is 2.63. The Morgan fingerprint density at radius 2 is 2.17 bits per heavy atom. The van der Waals surface area contributed by atoms with Crippen molar-refractivity contribution in [1.29, 1.82) is 0 Å². The van der Waals surface area contributed by atoms with E-state index in [0.717, 1.165) is 12.3 Å². The lowest BCUT2D eigenvalue weighted by molar-refractivity contribution is -0.221. The van der Waals surface area contributed by atoms with Crippen molar-refractivity contribution < 1.29 is 22.3 Å². The van der Waals surface area contributed by atoms with Gasteiger partial charge in [-0.1, -0.05) is 0 Å². The minimum absolute atomic E-state index is 0.0897. The van der Waals surface area contributed by atoms with Crippen LogP contribution in [-0.4, -0.2) is 37.0 Å². The van der Waals surface area contributed by atoms with E-state index in [0.29, 0.717) is 0 Å². The Kier molecular flexibility index (Phi) is 3.29. The molecule has 2 N–H and O–H groups in total. The number of nitrogen functional groups attached to an aromatic ring is 1. The van der Waals surface area contributed by atoms with Gasteiger partial charge in [0.15, 0.2) is 6.10 Å².